The molecule has 1 aromatic rings. The molecule has 0 spiro atoms. The van der Waals surface area contributed by atoms with Crippen molar-refractivity contribution in [3.63, 3.8) is 0 Å². The SMILES string of the molecule is CN(C)CCCNC(=S)NNC(=O)c1cc(Cl)ccc1Cl. The van der Waals surface area contributed by atoms with Crippen LogP contribution in [0.25, 0.3) is 0 Å². The molecule has 0 heterocycles. The number of thiocarbonyl (C=S) groups is 1. The molecule has 0 unspecified atom stereocenters. The minimum atomic E-state index is -0.403. The molecule has 0 radical (unpaired) electrons. The molecule has 0 aliphatic carbocycles. The zero-order valence-corrected chi connectivity index (χ0v) is 14.2. The minimum Gasteiger partial charge on any atom is -0.361 e. The minimum absolute atomic E-state index is 0.284. The van der Waals surface area contributed by atoms with Gasteiger partial charge < -0.3 is 10.2 Å². The van der Waals surface area contributed by atoms with Gasteiger partial charge in [0, 0.05) is 11.6 Å². The number of hydrazine groups is 1. The number of hydrogen-bond donors (Lipinski definition) is 3. The van der Waals surface area contributed by atoms with Crippen molar-refractivity contribution in [1.82, 2.24) is 21.1 Å². The number of amides is 1. The number of hydrogen-bond acceptors (Lipinski definition) is 3. The molecule has 0 aliphatic heterocycles. The quantitative estimate of drug-likeness (QED) is 0.432. The highest BCUT2D eigenvalue weighted by Crippen LogP contribution is 2.20. The van der Waals surface area contributed by atoms with E-state index in [1.54, 1.807) is 12.1 Å². The van der Waals surface area contributed by atoms with Crippen molar-refractivity contribution in [2.24, 2.45) is 0 Å². The standard InChI is InChI=1S/C13H18Cl2N4OS/c1-19(2)7-3-6-16-13(21)18-17-12(20)10-8-9(14)4-5-11(10)15/h4-5,8H,3,6-7H2,1-2H3,(H,17,20)(H2,16,18,21). The van der Waals surface area contributed by atoms with Crippen LogP contribution in [0.1, 0.15) is 16.8 Å². The van der Waals surface area contributed by atoms with Crippen LogP contribution in [0.3, 0.4) is 0 Å². The molecule has 0 fully saturated rings. The van der Waals surface area contributed by atoms with E-state index in [1.165, 1.54) is 6.07 Å². The van der Waals surface area contributed by atoms with Crippen LogP contribution in [0.2, 0.25) is 10.0 Å². The first-order valence-electron chi connectivity index (χ1n) is 6.34. The van der Waals surface area contributed by atoms with E-state index in [2.05, 4.69) is 21.1 Å². The molecular formula is C13H18Cl2N4OS. The van der Waals surface area contributed by atoms with E-state index in [9.17, 15) is 4.79 Å². The number of halogens is 2. The van der Waals surface area contributed by atoms with E-state index < -0.39 is 5.91 Å². The average molecular weight is 349 g/mol. The molecule has 0 saturated carbocycles. The van der Waals surface area contributed by atoms with Gasteiger partial charge in [-0.15, -0.1) is 0 Å². The Hall–Kier alpha value is -1.08. The Kier molecular flexibility index (Phi) is 7.74. The topological polar surface area (TPSA) is 56.4 Å². The second kappa shape index (κ2) is 9.04. The largest absolute Gasteiger partial charge is 0.361 e. The molecule has 21 heavy (non-hydrogen) atoms. The third-order valence-corrected chi connectivity index (χ3v) is 3.34. The van der Waals surface area contributed by atoms with Gasteiger partial charge in [0.1, 0.15) is 0 Å². The van der Waals surface area contributed by atoms with Gasteiger partial charge in [0.2, 0.25) is 0 Å². The molecule has 1 amide bonds. The van der Waals surface area contributed by atoms with Crippen LogP contribution in [0.5, 0.6) is 0 Å². The number of carbonyl (C=O) groups is 1. The Bertz CT molecular complexity index is 511. The van der Waals surface area contributed by atoms with Gasteiger partial charge in [-0.25, -0.2) is 0 Å². The molecule has 1 aromatic carbocycles. The number of benzene rings is 1. The Morgan fingerprint density at radius 1 is 1.29 bits per heavy atom. The van der Waals surface area contributed by atoms with Crippen LogP contribution in [-0.2, 0) is 0 Å². The lowest BCUT2D eigenvalue weighted by Gasteiger charge is -2.13. The molecule has 3 N–H and O–H groups in total. The maximum absolute atomic E-state index is 11.9. The lowest BCUT2D eigenvalue weighted by atomic mass is 10.2. The van der Waals surface area contributed by atoms with Crippen LogP contribution in [0, 0.1) is 0 Å². The maximum atomic E-state index is 11.9. The predicted octanol–water partition coefficient (Wildman–Crippen LogP) is 2.05. The number of carbonyl (C=O) groups excluding carboxylic acids is 1. The lowest BCUT2D eigenvalue weighted by Crippen LogP contribution is -2.47. The summed E-state index contributed by atoms with van der Waals surface area (Å²) in [7, 11) is 4.01. The highest BCUT2D eigenvalue weighted by atomic mass is 35.5. The summed E-state index contributed by atoms with van der Waals surface area (Å²) < 4.78 is 0. The fraction of sp³-hybridized carbons (Fsp3) is 0.385. The van der Waals surface area contributed by atoms with Crippen molar-refractivity contribution in [2.75, 3.05) is 27.2 Å². The molecule has 0 aromatic heterocycles. The van der Waals surface area contributed by atoms with Crippen molar-refractivity contribution < 1.29 is 4.79 Å². The fourth-order valence-corrected chi connectivity index (χ4v) is 2.02. The summed E-state index contributed by atoms with van der Waals surface area (Å²) >= 11 is 16.8. The summed E-state index contributed by atoms with van der Waals surface area (Å²) in [6.45, 7) is 1.68. The highest BCUT2D eigenvalue weighted by molar-refractivity contribution is 7.80. The van der Waals surface area contributed by atoms with Gasteiger partial charge in [0.05, 0.1) is 10.6 Å². The van der Waals surface area contributed by atoms with Crippen molar-refractivity contribution in [3.05, 3.63) is 33.8 Å². The van der Waals surface area contributed by atoms with Crippen LogP contribution in [0.4, 0.5) is 0 Å². The van der Waals surface area contributed by atoms with E-state index in [1.807, 2.05) is 14.1 Å². The number of rotatable bonds is 5. The first-order chi connectivity index (χ1) is 9.90. The zero-order valence-electron chi connectivity index (χ0n) is 11.9. The predicted molar refractivity (Wildman–Crippen MR) is 90.8 cm³/mol. The van der Waals surface area contributed by atoms with E-state index in [4.69, 9.17) is 35.4 Å². The Labute approximate surface area is 139 Å². The van der Waals surface area contributed by atoms with Crippen molar-refractivity contribution in [2.45, 2.75) is 6.42 Å². The molecule has 116 valence electrons. The fourth-order valence-electron chi connectivity index (χ4n) is 1.49. The van der Waals surface area contributed by atoms with Gasteiger partial charge >= 0.3 is 0 Å². The molecule has 1 rings (SSSR count). The summed E-state index contributed by atoms with van der Waals surface area (Å²) in [6.07, 6.45) is 0.947. The average Bonchev–Trinajstić information content (AvgIpc) is 2.43. The zero-order chi connectivity index (χ0) is 15.8. The maximum Gasteiger partial charge on any atom is 0.271 e. The monoisotopic (exact) mass is 348 g/mol. The van der Waals surface area contributed by atoms with Gasteiger partial charge in [-0.1, -0.05) is 23.2 Å². The Balaban J connectivity index is 2.35. The third-order valence-electron chi connectivity index (χ3n) is 2.53. The molecule has 0 saturated heterocycles. The molecule has 0 bridgehead atoms. The van der Waals surface area contributed by atoms with Crippen molar-refractivity contribution in [1.29, 1.82) is 0 Å². The number of nitrogens with one attached hydrogen (secondary N) is 3. The Morgan fingerprint density at radius 3 is 2.67 bits per heavy atom. The molecular weight excluding hydrogens is 331 g/mol. The van der Waals surface area contributed by atoms with Gasteiger partial charge in [0.15, 0.2) is 5.11 Å². The summed E-state index contributed by atoms with van der Waals surface area (Å²) in [5, 5.41) is 4.10. The van der Waals surface area contributed by atoms with Crippen molar-refractivity contribution >= 4 is 46.4 Å². The van der Waals surface area contributed by atoms with Crippen LogP contribution >= 0.6 is 35.4 Å². The summed E-state index contributed by atoms with van der Waals surface area (Å²) in [5.74, 6) is -0.403. The second-order valence-corrected chi connectivity index (χ2v) is 5.87. The van der Waals surface area contributed by atoms with Gasteiger partial charge in [-0.3, -0.25) is 15.6 Å². The molecule has 0 aliphatic rings. The van der Waals surface area contributed by atoms with Crippen LogP contribution in [-0.4, -0.2) is 43.1 Å². The first kappa shape index (κ1) is 18.0. The molecule has 8 heteroatoms. The van der Waals surface area contributed by atoms with Gasteiger partial charge in [-0.2, -0.15) is 0 Å². The lowest BCUT2D eigenvalue weighted by molar-refractivity contribution is 0.0944. The normalized spacial score (nSPS) is 10.3. The smallest absolute Gasteiger partial charge is 0.271 e. The van der Waals surface area contributed by atoms with E-state index in [-0.39, 0.29) is 5.56 Å². The molecule has 5 nitrogen and oxygen atoms in total. The summed E-state index contributed by atoms with van der Waals surface area (Å²) in [6, 6.07) is 4.68. The summed E-state index contributed by atoms with van der Waals surface area (Å²) in [4.78, 5) is 14.0. The Morgan fingerprint density at radius 2 is 2.00 bits per heavy atom. The van der Waals surface area contributed by atoms with Crippen molar-refractivity contribution in [3.8, 4) is 0 Å². The van der Waals surface area contributed by atoms with Gasteiger partial charge in [0.25, 0.3) is 5.91 Å². The van der Waals surface area contributed by atoms with E-state index in [0.717, 1.165) is 19.5 Å². The van der Waals surface area contributed by atoms with Gasteiger partial charge in [-0.05, 0) is 57.5 Å². The second-order valence-electron chi connectivity index (χ2n) is 4.62. The third kappa shape index (κ3) is 6.95. The molecule has 0 atom stereocenters. The summed E-state index contributed by atoms with van der Waals surface area (Å²) in [5.41, 5.74) is 5.38. The van der Waals surface area contributed by atoms with E-state index in [0.29, 0.717) is 15.2 Å². The van der Waals surface area contributed by atoms with Crippen LogP contribution in [0.15, 0.2) is 18.2 Å². The van der Waals surface area contributed by atoms with E-state index >= 15 is 0 Å². The van der Waals surface area contributed by atoms with Crippen LogP contribution < -0.4 is 16.2 Å². The number of nitrogens with zero attached hydrogens (tertiary/aromatic N) is 1. The highest BCUT2D eigenvalue weighted by Gasteiger charge is 2.10. The first-order valence-corrected chi connectivity index (χ1v) is 7.50.